The van der Waals surface area contributed by atoms with Gasteiger partial charge in [0.2, 0.25) is 5.13 Å². The minimum Gasteiger partial charge on any atom is -0.486 e. The largest absolute Gasteiger partial charge is 0.486 e. The number of carbonyl (C=O) groups is 1. The van der Waals surface area contributed by atoms with Gasteiger partial charge in [0.15, 0.2) is 11.5 Å². The van der Waals surface area contributed by atoms with E-state index < -0.39 is 0 Å². The summed E-state index contributed by atoms with van der Waals surface area (Å²) in [4.78, 5) is 17.0. The average molecular weight is 333 g/mol. The molecule has 0 aliphatic carbocycles. The Morgan fingerprint density at radius 1 is 1.23 bits per heavy atom. The summed E-state index contributed by atoms with van der Waals surface area (Å²) in [6.07, 6.45) is 0. The molecule has 0 bridgehead atoms. The number of hydrogen-bond donors (Lipinski definition) is 2. The predicted molar refractivity (Wildman–Crippen MR) is 86.0 cm³/mol. The zero-order chi connectivity index (χ0) is 14.9. The van der Waals surface area contributed by atoms with E-state index in [9.17, 15) is 4.79 Å². The topological polar surface area (TPSA) is 72.5 Å². The van der Waals surface area contributed by atoms with Gasteiger partial charge in [-0.25, -0.2) is 4.98 Å². The van der Waals surface area contributed by atoms with E-state index in [0.717, 1.165) is 16.0 Å². The van der Waals surface area contributed by atoms with Gasteiger partial charge in [0.25, 0.3) is 5.91 Å². The SMILES string of the molecule is O=C(NNc1nc2cc3c(cc2s1)OCCO3)c1cccs1. The second kappa shape index (κ2) is 5.47. The first-order valence-electron chi connectivity index (χ1n) is 6.60. The minimum atomic E-state index is -0.180. The van der Waals surface area contributed by atoms with Gasteiger partial charge in [0.05, 0.1) is 15.1 Å². The molecule has 8 heteroatoms. The van der Waals surface area contributed by atoms with Crippen molar-refractivity contribution in [1.82, 2.24) is 10.4 Å². The summed E-state index contributed by atoms with van der Waals surface area (Å²) in [7, 11) is 0. The molecular weight excluding hydrogens is 322 g/mol. The maximum atomic E-state index is 11.9. The van der Waals surface area contributed by atoms with Crippen LogP contribution in [0.1, 0.15) is 9.67 Å². The number of rotatable bonds is 3. The summed E-state index contributed by atoms with van der Waals surface area (Å²) < 4.78 is 12.1. The standard InChI is InChI=1S/C14H11N3O3S2/c18-13(11-2-1-5-21-11)16-17-14-15-8-6-9-10(7-12(8)22-14)20-4-3-19-9/h1-2,5-7H,3-4H2,(H,15,17)(H,16,18). The Hall–Kier alpha value is -2.32. The van der Waals surface area contributed by atoms with Crippen LogP contribution in [-0.4, -0.2) is 24.1 Å². The summed E-state index contributed by atoms with van der Waals surface area (Å²) in [5.74, 6) is 1.26. The molecule has 2 aromatic heterocycles. The maximum absolute atomic E-state index is 11.9. The van der Waals surface area contributed by atoms with Crippen LogP contribution in [0.5, 0.6) is 11.5 Å². The highest BCUT2D eigenvalue weighted by molar-refractivity contribution is 7.22. The number of benzene rings is 1. The molecule has 0 saturated heterocycles. The van der Waals surface area contributed by atoms with Gasteiger partial charge in [0.1, 0.15) is 13.2 Å². The van der Waals surface area contributed by atoms with Crippen LogP contribution in [0.4, 0.5) is 5.13 Å². The fraction of sp³-hybridized carbons (Fsp3) is 0.143. The van der Waals surface area contributed by atoms with Crippen LogP contribution in [0.2, 0.25) is 0 Å². The molecule has 22 heavy (non-hydrogen) atoms. The number of nitrogens with one attached hydrogen (secondary N) is 2. The van der Waals surface area contributed by atoms with Crippen molar-refractivity contribution in [2.45, 2.75) is 0 Å². The Kier molecular flexibility index (Phi) is 3.32. The lowest BCUT2D eigenvalue weighted by molar-refractivity contribution is 0.0966. The maximum Gasteiger partial charge on any atom is 0.279 e. The molecule has 112 valence electrons. The van der Waals surface area contributed by atoms with Crippen LogP contribution in [-0.2, 0) is 0 Å². The zero-order valence-corrected chi connectivity index (χ0v) is 12.9. The smallest absolute Gasteiger partial charge is 0.279 e. The number of hydrogen-bond acceptors (Lipinski definition) is 7. The Morgan fingerprint density at radius 3 is 2.82 bits per heavy atom. The monoisotopic (exact) mass is 333 g/mol. The summed E-state index contributed by atoms with van der Waals surface area (Å²) in [5, 5.41) is 2.47. The van der Waals surface area contributed by atoms with E-state index in [4.69, 9.17) is 9.47 Å². The van der Waals surface area contributed by atoms with Gasteiger partial charge in [-0.1, -0.05) is 17.4 Å². The van der Waals surface area contributed by atoms with Crippen LogP contribution in [0, 0.1) is 0 Å². The number of nitrogens with zero attached hydrogens (tertiary/aromatic N) is 1. The zero-order valence-electron chi connectivity index (χ0n) is 11.3. The fourth-order valence-corrected chi connectivity index (χ4v) is 3.55. The quantitative estimate of drug-likeness (QED) is 0.721. The number of hydrazine groups is 1. The molecule has 3 heterocycles. The lowest BCUT2D eigenvalue weighted by atomic mass is 10.3. The number of amides is 1. The number of thiazole rings is 1. The molecule has 0 atom stereocenters. The van der Waals surface area contributed by atoms with Crippen molar-refractivity contribution in [2.75, 3.05) is 18.6 Å². The first-order valence-corrected chi connectivity index (χ1v) is 8.29. The molecular formula is C14H11N3O3S2. The van der Waals surface area contributed by atoms with Gasteiger partial charge in [-0.15, -0.1) is 11.3 Å². The van der Waals surface area contributed by atoms with Crippen molar-refractivity contribution >= 4 is 43.9 Å². The Morgan fingerprint density at radius 2 is 2.05 bits per heavy atom. The predicted octanol–water partition coefficient (Wildman–Crippen LogP) is 2.89. The van der Waals surface area contributed by atoms with Crippen molar-refractivity contribution in [3.05, 3.63) is 34.5 Å². The van der Waals surface area contributed by atoms with Crippen molar-refractivity contribution in [1.29, 1.82) is 0 Å². The molecule has 0 spiro atoms. The summed E-state index contributed by atoms with van der Waals surface area (Å²) in [5.41, 5.74) is 6.29. The van der Waals surface area contributed by atoms with E-state index in [1.807, 2.05) is 23.6 Å². The van der Waals surface area contributed by atoms with Crippen molar-refractivity contribution in [2.24, 2.45) is 0 Å². The highest BCUT2D eigenvalue weighted by Gasteiger charge is 2.15. The highest BCUT2D eigenvalue weighted by Crippen LogP contribution is 2.37. The van der Waals surface area contributed by atoms with E-state index in [-0.39, 0.29) is 5.91 Å². The molecule has 3 aromatic rings. The second-order valence-corrected chi connectivity index (χ2v) is 6.52. The molecule has 2 N–H and O–H groups in total. The van der Waals surface area contributed by atoms with E-state index in [2.05, 4.69) is 15.8 Å². The average Bonchev–Trinajstić information content (AvgIpc) is 3.19. The number of aromatic nitrogens is 1. The number of anilines is 1. The minimum absolute atomic E-state index is 0.180. The summed E-state index contributed by atoms with van der Waals surface area (Å²) in [6.45, 7) is 1.10. The van der Waals surface area contributed by atoms with E-state index in [1.54, 1.807) is 6.07 Å². The summed E-state index contributed by atoms with van der Waals surface area (Å²) >= 11 is 2.83. The number of ether oxygens (including phenoxy) is 2. The third kappa shape index (κ3) is 2.46. The second-order valence-electron chi connectivity index (χ2n) is 4.54. The molecule has 1 aliphatic heterocycles. The molecule has 6 nitrogen and oxygen atoms in total. The van der Waals surface area contributed by atoms with E-state index in [0.29, 0.717) is 29.0 Å². The van der Waals surface area contributed by atoms with Crippen LogP contribution in [0.25, 0.3) is 10.2 Å². The van der Waals surface area contributed by atoms with Crippen LogP contribution in [0.15, 0.2) is 29.6 Å². The van der Waals surface area contributed by atoms with Crippen molar-refractivity contribution in [3.63, 3.8) is 0 Å². The van der Waals surface area contributed by atoms with E-state index in [1.165, 1.54) is 22.7 Å². The highest BCUT2D eigenvalue weighted by atomic mass is 32.1. The van der Waals surface area contributed by atoms with Gasteiger partial charge in [-0.2, -0.15) is 0 Å². The normalized spacial score (nSPS) is 13.1. The Balaban J connectivity index is 1.54. The third-order valence-electron chi connectivity index (χ3n) is 3.08. The van der Waals surface area contributed by atoms with Crippen molar-refractivity contribution < 1.29 is 14.3 Å². The fourth-order valence-electron chi connectivity index (χ4n) is 2.10. The number of fused-ring (bicyclic) bond motifs is 2. The summed E-state index contributed by atoms with van der Waals surface area (Å²) in [6, 6.07) is 7.37. The van der Waals surface area contributed by atoms with Crippen LogP contribution in [0.3, 0.4) is 0 Å². The van der Waals surface area contributed by atoms with Crippen LogP contribution >= 0.6 is 22.7 Å². The van der Waals surface area contributed by atoms with Gasteiger partial charge in [-0.3, -0.25) is 15.6 Å². The molecule has 1 amide bonds. The molecule has 1 aromatic carbocycles. The number of thiophene rings is 1. The molecule has 0 saturated carbocycles. The van der Waals surface area contributed by atoms with Gasteiger partial charge in [0, 0.05) is 12.1 Å². The first-order chi connectivity index (χ1) is 10.8. The molecule has 0 unspecified atom stereocenters. The molecule has 0 radical (unpaired) electrons. The third-order valence-corrected chi connectivity index (χ3v) is 4.88. The molecule has 1 aliphatic rings. The van der Waals surface area contributed by atoms with Gasteiger partial charge in [-0.05, 0) is 11.4 Å². The van der Waals surface area contributed by atoms with Crippen molar-refractivity contribution in [3.8, 4) is 11.5 Å². The van der Waals surface area contributed by atoms with E-state index >= 15 is 0 Å². The molecule has 4 rings (SSSR count). The van der Waals surface area contributed by atoms with Crippen LogP contribution < -0.4 is 20.3 Å². The lowest BCUT2D eigenvalue weighted by Crippen LogP contribution is -2.28. The van der Waals surface area contributed by atoms with Gasteiger partial charge < -0.3 is 9.47 Å². The Bertz CT molecular complexity index is 786. The van der Waals surface area contributed by atoms with Gasteiger partial charge >= 0.3 is 0 Å². The molecule has 0 fully saturated rings. The lowest BCUT2D eigenvalue weighted by Gasteiger charge is -2.17. The Labute approximate surface area is 133 Å². The number of carbonyl (C=O) groups excluding carboxylic acids is 1. The first kappa shape index (κ1) is 13.4.